The van der Waals surface area contributed by atoms with E-state index < -0.39 is 5.97 Å². The minimum absolute atomic E-state index is 0.0217. The van der Waals surface area contributed by atoms with Crippen LogP contribution in [0.5, 0.6) is 0 Å². The highest BCUT2D eigenvalue weighted by Crippen LogP contribution is 2.18. The summed E-state index contributed by atoms with van der Waals surface area (Å²) in [6.07, 6.45) is 0. The van der Waals surface area contributed by atoms with Gasteiger partial charge in [0.1, 0.15) is 11.5 Å². The van der Waals surface area contributed by atoms with E-state index in [9.17, 15) is 9.18 Å². The van der Waals surface area contributed by atoms with E-state index in [2.05, 4.69) is 4.98 Å². The molecule has 1 aromatic carbocycles. The maximum atomic E-state index is 12.9. The summed E-state index contributed by atoms with van der Waals surface area (Å²) in [5.74, 6) is -1.43. The van der Waals surface area contributed by atoms with Gasteiger partial charge in [-0.3, -0.25) is 0 Å². The third-order valence-electron chi connectivity index (χ3n) is 2.20. The van der Waals surface area contributed by atoms with Crippen molar-refractivity contribution in [3.05, 3.63) is 41.3 Å². The van der Waals surface area contributed by atoms with Gasteiger partial charge in [-0.15, -0.1) is 0 Å². The number of fused-ring (bicyclic) bond motifs is 1. The van der Waals surface area contributed by atoms with Crippen molar-refractivity contribution < 1.29 is 14.3 Å². The Labute approximate surface area is 85.2 Å². The van der Waals surface area contributed by atoms with Crippen LogP contribution in [0.15, 0.2) is 24.3 Å². The summed E-state index contributed by atoms with van der Waals surface area (Å²) in [4.78, 5) is 14.6. The first-order chi connectivity index (χ1) is 7.08. The molecule has 1 heterocycles. The molecule has 0 aliphatic rings. The maximum Gasteiger partial charge on any atom is 0.354 e. The quantitative estimate of drug-likeness (QED) is 0.777. The highest BCUT2D eigenvalue weighted by Gasteiger charge is 2.08. The van der Waals surface area contributed by atoms with Crippen LogP contribution in [0, 0.1) is 12.7 Å². The third kappa shape index (κ3) is 1.66. The number of carboxylic acids is 1. The Morgan fingerprint density at radius 3 is 2.80 bits per heavy atom. The highest BCUT2D eigenvalue weighted by atomic mass is 19.1. The van der Waals surface area contributed by atoms with Crippen LogP contribution in [0.4, 0.5) is 4.39 Å². The van der Waals surface area contributed by atoms with Crippen LogP contribution in [-0.4, -0.2) is 16.1 Å². The van der Waals surface area contributed by atoms with Gasteiger partial charge in [0.25, 0.3) is 0 Å². The van der Waals surface area contributed by atoms with Crippen LogP contribution in [0.1, 0.15) is 16.1 Å². The van der Waals surface area contributed by atoms with Crippen molar-refractivity contribution in [1.82, 2.24) is 4.98 Å². The predicted octanol–water partition coefficient (Wildman–Crippen LogP) is 2.38. The van der Waals surface area contributed by atoms with Crippen LogP contribution in [0.3, 0.4) is 0 Å². The van der Waals surface area contributed by atoms with Gasteiger partial charge in [0.2, 0.25) is 0 Å². The molecule has 4 heteroatoms. The Hall–Kier alpha value is -1.97. The summed E-state index contributed by atoms with van der Waals surface area (Å²) in [5, 5.41) is 9.43. The van der Waals surface area contributed by atoms with E-state index in [1.165, 1.54) is 24.3 Å². The minimum Gasteiger partial charge on any atom is -0.477 e. The lowest BCUT2D eigenvalue weighted by atomic mass is 10.1. The Kier molecular flexibility index (Phi) is 2.11. The standard InChI is InChI=1S/C11H8FNO2/c1-6-4-10(11(14)15)13-9-3-2-7(12)5-8(6)9/h2-5H,1H3,(H,14,15). The number of carboxylic acid groups (broad SMARTS) is 1. The van der Waals surface area contributed by atoms with Crippen molar-refractivity contribution in [3.63, 3.8) is 0 Å². The number of aromatic nitrogens is 1. The monoisotopic (exact) mass is 205 g/mol. The summed E-state index contributed by atoms with van der Waals surface area (Å²) < 4.78 is 12.9. The van der Waals surface area contributed by atoms with Crippen LogP contribution in [-0.2, 0) is 0 Å². The molecule has 0 amide bonds. The molecule has 2 rings (SSSR count). The molecule has 0 unspecified atom stereocenters. The van der Waals surface area contributed by atoms with Gasteiger partial charge in [-0.25, -0.2) is 14.2 Å². The topological polar surface area (TPSA) is 50.2 Å². The highest BCUT2D eigenvalue weighted by molar-refractivity contribution is 5.91. The summed E-state index contributed by atoms with van der Waals surface area (Å²) in [6.45, 7) is 1.73. The fourth-order valence-electron chi connectivity index (χ4n) is 1.48. The summed E-state index contributed by atoms with van der Waals surface area (Å²) in [5.41, 5.74) is 1.18. The van der Waals surface area contributed by atoms with Crippen molar-refractivity contribution in [2.24, 2.45) is 0 Å². The predicted molar refractivity (Wildman–Crippen MR) is 53.4 cm³/mol. The van der Waals surface area contributed by atoms with Crippen molar-refractivity contribution in [1.29, 1.82) is 0 Å². The first kappa shape index (κ1) is 9.58. The number of pyridine rings is 1. The van der Waals surface area contributed by atoms with Gasteiger partial charge in [-0.05, 0) is 36.8 Å². The van der Waals surface area contributed by atoms with E-state index in [1.807, 2.05) is 0 Å². The zero-order chi connectivity index (χ0) is 11.0. The second-order valence-corrected chi connectivity index (χ2v) is 3.29. The van der Waals surface area contributed by atoms with E-state index >= 15 is 0 Å². The Morgan fingerprint density at radius 2 is 2.13 bits per heavy atom. The first-order valence-electron chi connectivity index (χ1n) is 4.38. The van der Waals surface area contributed by atoms with Gasteiger partial charge < -0.3 is 5.11 Å². The normalized spacial score (nSPS) is 10.5. The number of rotatable bonds is 1. The average Bonchev–Trinajstić information content (AvgIpc) is 2.18. The molecule has 1 N–H and O–H groups in total. The van der Waals surface area contributed by atoms with E-state index in [0.29, 0.717) is 16.5 Å². The number of nitrogens with zero attached hydrogens (tertiary/aromatic N) is 1. The van der Waals surface area contributed by atoms with Crippen molar-refractivity contribution in [2.75, 3.05) is 0 Å². The van der Waals surface area contributed by atoms with E-state index in [-0.39, 0.29) is 11.5 Å². The Morgan fingerprint density at radius 1 is 1.40 bits per heavy atom. The van der Waals surface area contributed by atoms with Gasteiger partial charge in [0.15, 0.2) is 0 Å². The number of aryl methyl sites for hydroxylation is 1. The maximum absolute atomic E-state index is 12.9. The van der Waals surface area contributed by atoms with Gasteiger partial charge in [0, 0.05) is 5.39 Å². The number of halogens is 1. The van der Waals surface area contributed by atoms with Gasteiger partial charge in [-0.2, -0.15) is 0 Å². The zero-order valence-electron chi connectivity index (χ0n) is 7.99. The molecule has 76 valence electrons. The van der Waals surface area contributed by atoms with Gasteiger partial charge in [-0.1, -0.05) is 0 Å². The number of hydrogen-bond donors (Lipinski definition) is 1. The van der Waals surface area contributed by atoms with E-state index in [1.54, 1.807) is 6.92 Å². The molecule has 1 aromatic heterocycles. The Bertz CT molecular complexity index is 552. The molecule has 3 nitrogen and oxygen atoms in total. The van der Waals surface area contributed by atoms with Crippen molar-refractivity contribution >= 4 is 16.9 Å². The Balaban J connectivity index is 2.78. The van der Waals surface area contributed by atoms with Crippen LogP contribution < -0.4 is 0 Å². The summed E-state index contributed by atoms with van der Waals surface area (Å²) >= 11 is 0. The molecule has 0 aliphatic carbocycles. The number of carbonyl (C=O) groups is 1. The molecule has 0 spiro atoms. The SMILES string of the molecule is Cc1cc(C(=O)O)nc2ccc(F)cc12. The number of aromatic carboxylic acids is 1. The number of benzene rings is 1. The third-order valence-corrected chi connectivity index (χ3v) is 2.20. The second-order valence-electron chi connectivity index (χ2n) is 3.29. The molecule has 0 fully saturated rings. The van der Waals surface area contributed by atoms with E-state index in [4.69, 9.17) is 5.11 Å². The second kappa shape index (κ2) is 3.31. The summed E-state index contributed by atoms with van der Waals surface area (Å²) in [7, 11) is 0. The van der Waals surface area contributed by atoms with Gasteiger partial charge in [0.05, 0.1) is 5.52 Å². The molecule has 0 aliphatic heterocycles. The lowest BCUT2D eigenvalue weighted by Crippen LogP contribution is -2.01. The smallest absolute Gasteiger partial charge is 0.354 e. The fourth-order valence-corrected chi connectivity index (χ4v) is 1.48. The molecule has 2 aromatic rings. The first-order valence-corrected chi connectivity index (χ1v) is 4.38. The molecular formula is C11H8FNO2. The molecule has 0 atom stereocenters. The van der Waals surface area contributed by atoms with Crippen molar-refractivity contribution in [2.45, 2.75) is 6.92 Å². The lowest BCUT2D eigenvalue weighted by molar-refractivity contribution is 0.0691. The fraction of sp³-hybridized carbons (Fsp3) is 0.0909. The molecule has 0 saturated heterocycles. The summed E-state index contributed by atoms with van der Waals surface area (Å²) in [6, 6.07) is 5.53. The average molecular weight is 205 g/mol. The van der Waals surface area contributed by atoms with Crippen LogP contribution in [0.2, 0.25) is 0 Å². The van der Waals surface area contributed by atoms with E-state index in [0.717, 1.165) is 0 Å². The molecule has 0 bridgehead atoms. The largest absolute Gasteiger partial charge is 0.477 e. The van der Waals surface area contributed by atoms with Crippen LogP contribution >= 0.6 is 0 Å². The zero-order valence-corrected chi connectivity index (χ0v) is 7.99. The molecule has 0 radical (unpaired) electrons. The van der Waals surface area contributed by atoms with Crippen molar-refractivity contribution in [3.8, 4) is 0 Å². The number of hydrogen-bond acceptors (Lipinski definition) is 2. The van der Waals surface area contributed by atoms with Crippen LogP contribution in [0.25, 0.3) is 10.9 Å². The molecule has 15 heavy (non-hydrogen) atoms. The minimum atomic E-state index is -1.08. The van der Waals surface area contributed by atoms with Gasteiger partial charge >= 0.3 is 5.97 Å². The lowest BCUT2D eigenvalue weighted by Gasteiger charge is -2.03. The molecule has 0 saturated carbocycles. The molecular weight excluding hydrogens is 197 g/mol.